The maximum atomic E-state index is 13.2. The lowest BCUT2D eigenvalue weighted by molar-refractivity contribution is -0.137. The maximum absolute atomic E-state index is 13.2. The van der Waals surface area contributed by atoms with Gasteiger partial charge in [-0.05, 0) is 49.1 Å². The Labute approximate surface area is 162 Å². The Bertz CT molecular complexity index is 1030. The molecule has 0 aliphatic rings. The van der Waals surface area contributed by atoms with Crippen LogP contribution in [0.4, 0.5) is 13.2 Å². The van der Waals surface area contributed by atoms with Gasteiger partial charge < -0.3 is 5.32 Å². The lowest BCUT2D eigenvalue weighted by Crippen LogP contribution is -2.07. The molecule has 0 amide bonds. The number of hydrogen-bond acceptors (Lipinski definition) is 3. The normalized spacial score (nSPS) is 12.8. The van der Waals surface area contributed by atoms with Crippen LogP contribution in [0.2, 0.25) is 0 Å². The highest BCUT2D eigenvalue weighted by molar-refractivity contribution is 5.93. The molecule has 1 atom stereocenters. The summed E-state index contributed by atoms with van der Waals surface area (Å²) < 4.78 is 39.5. The van der Waals surface area contributed by atoms with Gasteiger partial charge in [-0.15, -0.1) is 0 Å². The molecular formula is C22H22F3N3. The zero-order valence-electron chi connectivity index (χ0n) is 16.1. The minimum Gasteiger partial charge on any atom is -0.392 e. The van der Waals surface area contributed by atoms with Gasteiger partial charge in [0, 0.05) is 23.7 Å². The highest BCUT2D eigenvalue weighted by atomic mass is 19.4. The van der Waals surface area contributed by atoms with E-state index in [4.69, 9.17) is 0 Å². The highest BCUT2D eigenvalue weighted by Gasteiger charge is 2.30. The number of aryl methyl sites for hydroxylation is 1. The number of allylic oxidation sites excluding steroid dienone is 1. The Balaban J connectivity index is 2.14. The Morgan fingerprint density at radius 1 is 1.14 bits per heavy atom. The van der Waals surface area contributed by atoms with E-state index in [0.717, 1.165) is 35.2 Å². The molecule has 28 heavy (non-hydrogen) atoms. The molecule has 3 aromatic rings. The van der Waals surface area contributed by atoms with Crippen molar-refractivity contribution in [3.8, 4) is 11.3 Å². The molecule has 3 rings (SSSR count). The molecule has 1 unspecified atom stereocenters. The number of hydrogen-bond donors (Lipinski definition) is 1. The summed E-state index contributed by atoms with van der Waals surface area (Å²) in [6, 6.07) is 11.1. The van der Waals surface area contributed by atoms with E-state index >= 15 is 0 Å². The van der Waals surface area contributed by atoms with E-state index in [-0.39, 0.29) is 5.92 Å². The van der Waals surface area contributed by atoms with Gasteiger partial charge >= 0.3 is 6.18 Å². The molecule has 0 fully saturated rings. The molecule has 1 aromatic heterocycles. The molecule has 6 heteroatoms. The van der Waals surface area contributed by atoms with Crippen molar-refractivity contribution >= 4 is 10.9 Å². The Hall–Kier alpha value is -2.89. The standard InChI is InChI=1S/C22H22F3N3/c1-13(10-14(2)26-4)16-8-9-20-19(12-16)21(28-15(3)27-20)17-6-5-7-18(11-17)22(23,24)25/h5-9,11-13,26H,2,10H2,1,3-4H3. The molecule has 0 saturated heterocycles. The van der Waals surface area contributed by atoms with Gasteiger partial charge in [-0.3, -0.25) is 0 Å². The van der Waals surface area contributed by atoms with Crippen molar-refractivity contribution in [3.05, 3.63) is 71.7 Å². The molecule has 3 nitrogen and oxygen atoms in total. The number of alkyl halides is 3. The number of benzene rings is 2. The molecule has 0 radical (unpaired) electrons. The summed E-state index contributed by atoms with van der Waals surface area (Å²) in [5.41, 5.74) is 2.94. The van der Waals surface area contributed by atoms with Gasteiger partial charge in [-0.25, -0.2) is 9.97 Å². The van der Waals surface area contributed by atoms with E-state index in [9.17, 15) is 13.2 Å². The third-order valence-electron chi connectivity index (χ3n) is 4.77. The summed E-state index contributed by atoms with van der Waals surface area (Å²) in [6.45, 7) is 7.79. The van der Waals surface area contributed by atoms with Crippen LogP contribution < -0.4 is 5.32 Å². The Kier molecular flexibility index (Phi) is 5.40. The SMILES string of the molecule is C=C(CC(C)c1ccc2nc(C)nc(-c3cccc(C(F)(F)F)c3)c2c1)NC. The summed E-state index contributed by atoms with van der Waals surface area (Å²) >= 11 is 0. The van der Waals surface area contributed by atoms with Crippen LogP contribution >= 0.6 is 0 Å². The smallest absolute Gasteiger partial charge is 0.392 e. The molecular weight excluding hydrogens is 363 g/mol. The predicted octanol–water partition coefficient (Wildman–Crippen LogP) is 5.85. The van der Waals surface area contributed by atoms with E-state index in [1.165, 1.54) is 6.07 Å². The average Bonchev–Trinajstić information content (AvgIpc) is 2.66. The number of nitrogens with zero attached hydrogens (tertiary/aromatic N) is 2. The molecule has 0 spiro atoms. The van der Waals surface area contributed by atoms with Crippen molar-refractivity contribution in [1.82, 2.24) is 15.3 Å². The third-order valence-corrected chi connectivity index (χ3v) is 4.77. The second kappa shape index (κ2) is 7.62. The summed E-state index contributed by atoms with van der Waals surface area (Å²) in [6.07, 6.45) is -3.64. The van der Waals surface area contributed by atoms with Crippen molar-refractivity contribution < 1.29 is 13.2 Å². The van der Waals surface area contributed by atoms with E-state index in [1.807, 2.05) is 25.2 Å². The first-order valence-corrected chi connectivity index (χ1v) is 9.00. The monoisotopic (exact) mass is 385 g/mol. The van der Waals surface area contributed by atoms with Crippen molar-refractivity contribution in [1.29, 1.82) is 0 Å². The lowest BCUT2D eigenvalue weighted by atomic mass is 9.94. The molecule has 1 N–H and O–H groups in total. The average molecular weight is 385 g/mol. The summed E-state index contributed by atoms with van der Waals surface area (Å²) in [4.78, 5) is 8.91. The second-order valence-electron chi connectivity index (χ2n) is 6.93. The zero-order chi connectivity index (χ0) is 20.5. The van der Waals surface area contributed by atoms with Crippen LogP contribution in [0.25, 0.3) is 22.2 Å². The van der Waals surface area contributed by atoms with Crippen molar-refractivity contribution in [2.45, 2.75) is 32.4 Å². The second-order valence-corrected chi connectivity index (χ2v) is 6.93. The quantitative estimate of drug-likeness (QED) is 0.599. The molecule has 0 aliphatic heterocycles. The summed E-state index contributed by atoms with van der Waals surface area (Å²) in [7, 11) is 1.83. The van der Waals surface area contributed by atoms with Crippen LogP contribution in [0, 0.1) is 6.92 Å². The van der Waals surface area contributed by atoms with Crippen molar-refractivity contribution in [3.63, 3.8) is 0 Å². The zero-order valence-corrected chi connectivity index (χ0v) is 16.1. The predicted molar refractivity (Wildman–Crippen MR) is 106 cm³/mol. The maximum Gasteiger partial charge on any atom is 0.416 e. The van der Waals surface area contributed by atoms with Gasteiger partial charge in [-0.2, -0.15) is 13.2 Å². The lowest BCUT2D eigenvalue weighted by Gasteiger charge is -2.16. The first-order chi connectivity index (χ1) is 13.2. The molecule has 1 heterocycles. The number of fused-ring (bicyclic) bond motifs is 1. The fraction of sp³-hybridized carbons (Fsp3) is 0.273. The number of nitrogens with one attached hydrogen (secondary N) is 1. The minimum atomic E-state index is -4.40. The van der Waals surface area contributed by atoms with Gasteiger partial charge in [0.1, 0.15) is 5.82 Å². The van der Waals surface area contributed by atoms with Crippen LogP contribution in [-0.2, 0) is 6.18 Å². The molecule has 146 valence electrons. The molecule has 0 saturated carbocycles. The fourth-order valence-corrected chi connectivity index (χ4v) is 3.22. The first kappa shape index (κ1) is 19.9. The van der Waals surface area contributed by atoms with E-state index in [0.29, 0.717) is 22.6 Å². The number of halogens is 3. The topological polar surface area (TPSA) is 37.8 Å². The van der Waals surface area contributed by atoms with Gasteiger partial charge in [-0.1, -0.05) is 31.7 Å². The van der Waals surface area contributed by atoms with Gasteiger partial charge in [0.05, 0.1) is 16.8 Å². The highest BCUT2D eigenvalue weighted by Crippen LogP contribution is 2.34. The number of aromatic nitrogens is 2. The van der Waals surface area contributed by atoms with Gasteiger partial charge in [0.15, 0.2) is 0 Å². The van der Waals surface area contributed by atoms with Crippen LogP contribution in [-0.4, -0.2) is 17.0 Å². The van der Waals surface area contributed by atoms with E-state index in [2.05, 4.69) is 28.8 Å². The third kappa shape index (κ3) is 4.16. The van der Waals surface area contributed by atoms with E-state index in [1.54, 1.807) is 13.0 Å². The minimum absolute atomic E-state index is 0.194. The molecule has 0 aliphatic carbocycles. The summed E-state index contributed by atoms with van der Waals surface area (Å²) in [5.74, 6) is 0.712. The van der Waals surface area contributed by atoms with Crippen LogP contribution in [0.1, 0.15) is 36.2 Å². The van der Waals surface area contributed by atoms with Gasteiger partial charge in [0.2, 0.25) is 0 Å². The Morgan fingerprint density at radius 2 is 1.89 bits per heavy atom. The Morgan fingerprint density at radius 3 is 2.57 bits per heavy atom. The number of rotatable bonds is 5. The molecule has 2 aromatic carbocycles. The van der Waals surface area contributed by atoms with Crippen molar-refractivity contribution in [2.75, 3.05) is 7.05 Å². The van der Waals surface area contributed by atoms with Crippen LogP contribution in [0.15, 0.2) is 54.7 Å². The molecule has 0 bridgehead atoms. The van der Waals surface area contributed by atoms with Gasteiger partial charge in [0.25, 0.3) is 0 Å². The van der Waals surface area contributed by atoms with Crippen LogP contribution in [0.3, 0.4) is 0 Å². The fourth-order valence-electron chi connectivity index (χ4n) is 3.22. The largest absolute Gasteiger partial charge is 0.416 e. The van der Waals surface area contributed by atoms with E-state index < -0.39 is 11.7 Å². The van der Waals surface area contributed by atoms with Crippen LogP contribution in [0.5, 0.6) is 0 Å². The first-order valence-electron chi connectivity index (χ1n) is 9.00. The van der Waals surface area contributed by atoms with Crippen molar-refractivity contribution in [2.24, 2.45) is 0 Å². The summed E-state index contributed by atoms with van der Waals surface area (Å²) in [5, 5.41) is 3.78.